The lowest BCUT2D eigenvalue weighted by Crippen LogP contribution is -2.16. The Morgan fingerprint density at radius 3 is 2.49 bits per heavy atom. The number of nitrogens with zero attached hydrogens (tertiary/aromatic N) is 3. The van der Waals surface area contributed by atoms with Crippen LogP contribution in [0.3, 0.4) is 0 Å². The molecule has 0 atom stereocenters. The highest BCUT2D eigenvalue weighted by Gasteiger charge is 2.42. The Kier molecular flexibility index (Phi) is 6.61. The van der Waals surface area contributed by atoms with Crippen LogP contribution in [-0.2, 0) is 10.9 Å². The van der Waals surface area contributed by atoms with Crippen molar-refractivity contribution >= 4 is 29.2 Å². The van der Waals surface area contributed by atoms with Crippen LogP contribution in [0.5, 0.6) is 0 Å². The summed E-state index contributed by atoms with van der Waals surface area (Å²) in [6, 6.07) is 9.32. The van der Waals surface area contributed by atoms with Gasteiger partial charge in [0.25, 0.3) is 0 Å². The van der Waals surface area contributed by atoms with Crippen LogP contribution >= 0.6 is 23.2 Å². The van der Waals surface area contributed by atoms with Crippen molar-refractivity contribution in [3.05, 3.63) is 75.8 Å². The van der Waals surface area contributed by atoms with Gasteiger partial charge in [0.1, 0.15) is 17.1 Å². The van der Waals surface area contributed by atoms with E-state index in [2.05, 4.69) is 10.3 Å². The Bertz CT molecular complexity index is 1390. The average molecular weight is 528 g/mol. The second kappa shape index (κ2) is 9.35. The number of benzene rings is 2. The van der Waals surface area contributed by atoms with Crippen molar-refractivity contribution < 1.29 is 31.6 Å². The second-order valence-corrected chi connectivity index (χ2v) is 8.43. The first-order valence-electron chi connectivity index (χ1n) is 10.1. The molecule has 12 heteroatoms. The maximum Gasteiger partial charge on any atom is 0.434 e. The van der Waals surface area contributed by atoms with Crippen molar-refractivity contribution in [2.75, 3.05) is 0 Å². The third-order valence-electron chi connectivity index (χ3n) is 4.77. The highest BCUT2D eigenvalue weighted by atomic mass is 35.5. The van der Waals surface area contributed by atoms with Gasteiger partial charge in [-0.2, -0.15) is 18.3 Å². The third kappa shape index (κ3) is 4.76. The molecule has 0 fully saturated rings. The number of ether oxygens (including phenoxy) is 1. The third-order valence-corrected chi connectivity index (χ3v) is 5.32. The van der Waals surface area contributed by atoms with Crippen LogP contribution in [0, 0.1) is 5.82 Å². The summed E-state index contributed by atoms with van der Waals surface area (Å²) in [4.78, 5) is 13.0. The van der Waals surface area contributed by atoms with Crippen LogP contribution in [0.25, 0.3) is 28.3 Å². The Morgan fingerprint density at radius 2 is 1.86 bits per heavy atom. The molecule has 0 saturated heterocycles. The molecule has 0 amide bonds. The average Bonchev–Trinajstić information content (AvgIpc) is 3.37. The quantitative estimate of drug-likeness (QED) is 0.202. The van der Waals surface area contributed by atoms with Crippen molar-refractivity contribution in [3.8, 4) is 28.3 Å². The lowest BCUT2D eigenvalue weighted by Gasteiger charge is -2.13. The highest BCUT2D eigenvalue weighted by Crippen LogP contribution is 2.43. The molecular weight excluding hydrogens is 513 g/mol. The molecular formula is C23H15Cl2F4N3O3. The van der Waals surface area contributed by atoms with E-state index in [-0.39, 0.29) is 21.3 Å². The summed E-state index contributed by atoms with van der Waals surface area (Å²) >= 11 is 12.1. The Hall–Kier alpha value is -3.37. The molecule has 0 N–H and O–H groups in total. The summed E-state index contributed by atoms with van der Waals surface area (Å²) in [5.74, 6) is -2.54. The van der Waals surface area contributed by atoms with Gasteiger partial charge in [0.2, 0.25) is 0 Å². The first-order valence-corrected chi connectivity index (χ1v) is 10.8. The molecule has 0 unspecified atom stereocenters. The molecule has 35 heavy (non-hydrogen) atoms. The van der Waals surface area contributed by atoms with Gasteiger partial charge in [-0.1, -0.05) is 40.5 Å². The van der Waals surface area contributed by atoms with Gasteiger partial charge in [0.15, 0.2) is 11.5 Å². The van der Waals surface area contributed by atoms with Gasteiger partial charge in [-0.3, -0.25) is 0 Å². The van der Waals surface area contributed by atoms with Gasteiger partial charge in [0, 0.05) is 5.02 Å². The van der Waals surface area contributed by atoms with Gasteiger partial charge in [-0.05, 0) is 44.2 Å². The van der Waals surface area contributed by atoms with E-state index in [1.807, 2.05) is 0 Å². The van der Waals surface area contributed by atoms with E-state index in [0.717, 1.165) is 12.3 Å². The minimum absolute atomic E-state index is 0.0132. The van der Waals surface area contributed by atoms with E-state index in [4.69, 9.17) is 32.5 Å². The predicted octanol–water partition coefficient (Wildman–Crippen LogP) is 7.22. The molecule has 2 heterocycles. The lowest BCUT2D eigenvalue weighted by atomic mass is 10.0. The standard InChI is InChI=1S/C23H15Cl2F4N3O3/c1-11(2)34-22(33)18-19(17-15(25)7-4-8-16(17)26)31-35-20(18)14-10-30-32(21(14)23(27,28)29)13-6-3-5-12(24)9-13/h3-11H,1-2H3. The Morgan fingerprint density at radius 1 is 1.14 bits per heavy atom. The fraction of sp³-hybridized carbons (Fsp3) is 0.174. The normalized spacial score (nSPS) is 11.8. The van der Waals surface area contributed by atoms with Crippen molar-refractivity contribution in [1.82, 2.24) is 14.9 Å². The zero-order chi connectivity index (χ0) is 25.5. The number of hydrogen-bond acceptors (Lipinski definition) is 5. The first kappa shape index (κ1) is 24.7. The van der Waals surface area contributed by atoms with Crippen LogP contribution in [0.1, 0.15) is 29.9 Å². The number of carbonyl (C=O) groups is 1. The Labute approximate surface area is 206 Å². The molecule has 4 aromatic rings. The zero-order valence-corrected chi connectivity index (χ0v) is 19.5. The van der Waals surface area contributed by atoms with E-state index in [9.17, 15) is 22.4 Å². The van der Waals surface area contributed by atoms with Gasteiger partial charge >= 0.3 is 12.1 Å². The molecule has 182 valence electrons. The number of esters is 1. The largest absolute Gasteiger partial charge is 0.459 e. The fourth-order valence-electron chi connectivity index (χ4n) is 3.42. The van der Waals surface area contributed by atoms with E-state index < -0.39 is 52.3 Å². The van der Waals surface area contributed by atoms with Crippen LogP contribution in [-0.4, -0.2) is 27.0 Å². The first-order chi connectivity index (χ1) is 16.5. The molecule has 0 saturated carbocycles. The number of carbonyl (C=O) groups excluding carboxylic acids is 1. The fourth-order valence-corrected chi connectivity index (χ4v) is 3.86. The van der Waals surface area contributed by atoms with Crippen molar-refractivity contribution in [2.45, 2.75) is 26.1 Å². The summed E-state index contributed by atoms with van der Waals surface area (Å²) in [5, 5.41) is 7.61. The zero-order valence-electron chi connectivity index (χ0n) is 18.0. The monoisotopic (exact) mass is 527 g/mol. The number of aromatic nitrogens is 3. The maximum atomic E-state index is 14.7. The minimum Gasteiger partial charge on any atom is -0.459 e. The lowest BCUT2D eigenvalue weighted by molar-refractivity contribution is -0.142. The second-order valence-electron chi connectivity index (χ2n) is 7.58. The van der Waals surface area contributed by atoms with Crippen LogP contribution in [0.15, 0.2) is 53.2 Å². The maximum absolute atomic E-state index is 14.7. The number of halogens is 6. The molecule has 6 nitrogen and oxygen atoms in total. The molecule has 0 bridgehead atoms. The van der Waals surface area contributed by atoms with Crippen LogP contribution < -0.4 is 0 Å². The summed E-state index contributed by atoms with van der Waals surface area (Å²) in [5.41, 5.74) is -3.12. The highest BCUT2D eigenvalue weighted by molar-refractivity contribution is 6.33. The summed E-state index contributed by atoms with van der Waals surface area (Å²) in [7, 11) is 0. The number of hydrogen-bond donors (Lipinski definition) is 0. The molecule has 0 radical (unpaired) electrons. The van der Waals surface area contributed by atoms with E-state index in [0.29, 0.717) is 4.68 Å². The van der Waals surface area contributed by atoms with E-state index in [1.54, 1.807) is 13.8 Å². The molecule has 0 spiro atoms. The van der Waals surface area contributed by atoms with E-state index in [1.165, 1.54) is 36.4 Å². The number of rotatable bonds is 5. The van der Waals surface area contributed by atoms with Gasteiger partial charge in [-0.15, -0.1) is 0 Å². The topological polar surface area (TPSA) is 70.2 Å². The molecule has 2 aromatic carbocycles. The van der Waals surface area contributed by atoms with Crippen LogP contribution in [0.2, 0.25) is 10.0 Å². The smallest absolute Gasteiger partial charge is 0.434 e. The van der Waals surface area contributed by atoms with Gasteiger partial charge in [-0.25, -0.2) is 13.9 Å². The van der Waals surface area contributed by atoms with E-state index >= 15 is 0 Å². The summed E-state index contributed by atoms with van der Waals surface area (Å²) < 4.78 is 68.5. The van der Waals surface area contributed by atoms with Crippen molar-refractivity contribution in [2.24, 2.45) is 0 Å². The van der Waals surface area contributed by atoms with Crippen molar-refractivity contribution in [1.29, 1.82) is 0 Å². The summed E-state index contributed by atoms with van der Waals surface area (Å²) in [6.07, 6.45) is -4.73. The number of alkyl halides is 3. The Balaban J connectivity index is 2.01. The molecule has 4 rings (SSSR count). The molecule has 0 aliphatic heterocycles. The summed E-state index contributed by atoms with van der Waals surface area (Å²) in [6.45, 7) is 3.08. The molecule has 0 aliphatic carbocycles. The minimum atomic E-state index is -4.95. The molecule has 0 aliphatic rings. The van der Waals surface area contributed by atoms with Crippen LogP contribution in [0.4, 0.5) is 17.6 Å². The predicted molar refractivity (Wildman–Crippen MR) is 120 cm³/mol. The SMILES string of the molecule is CC(C)OC(=O)c1c(-c2c(F)cccc2Cl)noc1-c1cnn(-c2cccc(Cl)c2)c1C(F)(F)F. The molecule has 2 aromatic heterocycles. The van der Waals surface area contributed by atoms with Gasteiger partial charge < -0.3 is 9.26 Å². The van der Waals surface area contributed by atoms with Crippen molar-refractivity contribution in [3.63, 3.8) is 0 Å². The van der Waals surface area contributed by atoms with Gasteiger partial charge in [0.05, 0.1) is 34.1 Å².